The number of rotatable bonds is 10. The first-order valence-electron chi connectivity index (χ1n) is 6.46. The first-order chi connectivity index (χ1) is 8.85. The summed E-state index contributed by atoms with van der Waals surface area (Å²) in [7, 11) is -4.64. The van der Waals surface area contributed by atoms with E-state index in [0.29, 0.717) is 6.61 Å². The molecule has 0 radical (unpaired) electrons. The summed E-state index contributed by atoms with van der Waals surface area (Å²) in [5.74, 6) is 0.0763. The molecule has 0 aliphatic carbocycles. The van der Waals surface area contributed by atoms with Crippen molar-refractivity contribution in [3.05, 3.63) is 0 Å². The van der Waals surface area contributed by atoms with Crippen LogP contribution in [0.5, 0.6) is 0 Å². The number of hydrogen-bond acceptors (Lipinski definition) is 4. The number of aliphatic hydroxyl groups is 3. The summed E-state index contributed by atoms with van der Waals surface area (Å²) in [6, 6.07) is 0. The molecule has 0 aromatic heterocycles. The van der Waals surface area contributed by atoms with E-state index in [2.05, 4.69) is 0 Å². The minimum absolute atomic E-state index is 0.0763. The third-order valence-corrected chi connectivity index (χ3v) is 2.54. The Hall–Kier alpha value is -0.0100. The minimum atomic E-state index is -4.64. The van der Waals surface area contributed by atoms with Crippen molar-refractivity contribution >= 4 is 7.82 Å². The largest absolute Gasteiger partial charge is 0.466 e. The lowest BCUT2D eigenvalue weighted by atomic mass is 10.0. The van der Waals surface area contributed by atoms with E-state index in [0.717, 1.165) is 25.7 Å². The average Bonchev–Trinajstić information content (AvgIpc) is 2.31. The van der Waals surface area contributed by atoms with Gasteiger partial charge in [-0.05, 0) is 12.8 Å². The standard InChI is InChI=1S/C11H24O3.H3O4P/c12-8-6-4-2-1-3-5-7-11(9-13)10-14;1-5(2,3)4/h11-14H,1-10H2;(H3,1,2,3,4). The summed E-state index contributed by atoms with van der Waals surface area (Å²) < 4.78 is 8.88. The molecule has 0 saturated heterocycles. The molecule has 0 aliphatic heterocycles. The smallest absolute Gasteiger partial charge is 0.396 e. The van der Waals surface area contributed by atoms with Crippen molar-refractivity contribution in [3.63, 3.8) is 0 Å². The number of aliphatic hydroxyl groups excluding tert-OH is 3. The molecule has 19 heavy (non-hydrogen) atoms. The minimum Gasteiger partial charge on any atom is -0.396 e. The van der Waals surface area contributed by atoms with Crippen LogP contribution in [0.15, 0.2) is 0 Å². The predicted octanol–water partition coefficient (Wildman–Crippen LogP) is 0.382. The van der Waals surface area contributed by atoms with Crippen LogP contribution in [-0.2, 0) is 4.57 Å². The zero-order valence-corrected chi connectivity index (χ0v) is 12.1. The molecule has 8 heteroatoms. The molecule has 0 heterocycles. The van der Waals surface area contributed by atoms with Crippen LogP contribution in [0.3, 0.4) is 0 Å². The van der Waals surface area contributed by atoms with E-state index < -0.39 is 7.82 Å². The zero-order valence-electron chi connectivity index (χ0n) is 11.2. The van der Waals surface area contributed by atoms with Crippen LogP contribution in [0.1, 0.15) is 44.9 Å². The third-order valence-electron chi connectivity index (χ3n) is 2.54. The van der Waals surface area contributed by atoms with E-state index in [1.54, 1.807) is 0 Å². The van der Waals surface area contributed by atoms with Crippen molar-refractivity contribution in [2.24, 2.45) is 5.92 Å². The molecule has 0 saturated carbocycles. The SMILES string of the molecule is O=P(O)(O)O.OCCCCCCCCC(CO)CO. The Labute approximate surface area is 114 Å². The van der Waals surface area contributed by atoms with Crippen molar-refractivity contribution in [2.75, 3.05) is 19.8 Å². The maximum Gasteiger partial charge on any atom is 0.466 e. The van der Waals surface area contributed by atoms with E-state index in [9.17, 15) is 0 Å². The van der Waals surface area contributed by atoms with Crippen LogP contribution in [0.25, 0.3) is 0 Å². The van der Waals surface area contributed by atoms with Crippen molar-refractivity contribution in [1.29, 1.82) is 0 Å². The molecule has 0 rings (SSSR count). The van der Waals surface area contributed by atoms with Crippen LogP contribution in [-0.4, -0.2) is 49.8 Å². The molecule has 0 aromatic rings. The van der Waals surface area contributed by atoms with Crippen molar-refractivity contribution in [1.82, 2.24) is 0 Å². The van der Waals surface area contributed by atoms with Crippen LogP contribution >= 0.6 is 7.82 Å². The second kappa shape index (κ2) is 14.4. The maximum atomic E-state index is 8.88. The van der Waals surface area contributed by atoms with Gasteiger partial charge in [-0.2, -0.15) is 0 Å². The Balaban J connectivity index is 0. The van der Waals surface area contributed by atoms with Crippen molar-refractivity contribution in [3.8, 4) is 0 Å². The van der Waals surface area contributed by atoms with Gasteiger partial charge >= 0.3 is 7.82 Å². The molecule has 0 aromatic carbocycles. The van der Waals surface area contributed by atoms with Gasteiger partial charge in [0.1, 0.15) is 0 Å². The molecule has 0 aliphatic rings. The summed E-state index contributed by atoms with van der Waals surface area (Å²) in [6.07, 6.45) is 7.59. The molecule has 6 N–H and O–H groups in total. The lowest BCUT2D eigenvalue weighted by Gasteiger charge is -2.09. The van der Waals surface area contributed by atoms with E-state index in [4.69, 9.17) is 34.6 Å². The normalized spacial score (nSPS) is 11.3. The Morgan fingerprint density at radius 3 is 1.47 bits per heavy atom. The van der Waals surface area contributed by atoms with Gasteiger partial charge in [0.2, 0.25) is 0 Å². The van der Waals surface area contributed by atoms with Gasteiger partial charge in [-0.1, -0.05) is 32.1 Å². The average molecular weight is 302 g/mol. The number of unbranched alkanes of at least 4 members (excludes halogenated alkanes) is 5. The fourth-order valence-corrected chi connectivity index (χ4v) is 1.49. The molecule has 0 unspecified atom stereocenters. The van der Waals surface area contributed by atoms with Crippen LogP contribution in [0.4, 0.5) is 0 Å². The van der Waals surface area contributed by atoms with E-state index >= 15 is 0 Å². The van der Waals surface area contributed by atoms with Gasteiger partial charge in [0.15, 0.2) is 0 Å². The summed E-state index contributed by atoms with van der Waals surface area (Å²) in [4.78, 5) is 21.6. The number of hydrogen-bond donors (Lipinski definition) is 6. The van der Waals surface area contributed by atoms with Gasteiger partial charge in [-0.25, -0.2) is 4.57 Å². The lowest BCUT2D eigenvalue weighted by Crippen LogP contribution is -2.10. The Kier molecular flexibility index (Phi) is 16.1. The molecule has 0 spiro atoms. The Bertz CT molecular complexity index is 207. The highest BCUT2D eigenvalue weighted by Crippen LogP contribution is 2.25. The van der Waals surface area contributed by atoms with Crippen LogP contribution < -0.4 is 0 Å². The van der Waals surface area contributed by atoms with Crippen LogP contribution in [0, 0.1) is 5.92 Å². The van der Waals surface area contributed by atoms with Crippen LogP contribution in [0.2, 0.25) is 0 Å². The number of phosphoric acid groups is 1. The summed E-state index contributed by atoms with van der Waals surface area (Å²) >= 11 is 0. The first-order valence-corrected chi connectivity index (χ1v) is 8.02. The second-order valence-electron chi connectivity index (χ2n) is 4.38. The predicted molar refractivity (Wildman–Crippen MR) is 71.3 cm³/mol. The van der Waals surface area contributed by atoms with Gasteiger partial charge in [0.25, 0.3) is 0 Å². The topological polar surface area (TPSA) is 138 Å². The summed E-state index contributed by atoms with van der Waals surface area (Å²) in [5.41, 5.74) is 0. The summed E-state index contributed by atoms with van der Waals surface area (Å²) in [5, 5.41) is 26.2. The highest BCUT2D eigenvalue weighted by molar-refractivity contribution is 7.45. The lowest BCUT2D eigenvalue weighted by molar-refractivity contribution is 0.141. The molecule has 0 amide bonds. The molecule has 0 atom stereocenters. The van der Waals surface area contributed by atoms with E-state index in [-0.39, 0.29) is 19.1 Å². The highest BCUT2D eigenvalue weighted by Gasteiger charge is 2.04. The van der Waals surface area contributed by atoms with Crippen molar-refractivity contribution in [2.45, 2.75) is 44.9 Å². The third kappa shape index (κ3) is 27.3. The Morgan fingerprint density at radius 1 is 0.737 bits per heavy atom. The van der Waals surface area contributed by atoms with Crippen molar-refractivity contribution < 1.29 is 34.6 Å². The van der Waals surface area contributed by atoms with Gasteiger partial charge < -0.3 is 30.0 Å². The van der Waals surface area contributed by atoms with Gasteiger partial charge in [0, 0.05) is 25.7 Å². The van der Waals surface area contributed by atoms with Gasteiger partial charge in [-0.3, -0.25) is 0 Å². The second-order valence-corrected chi connectivity index (χ2v) is 5.40. The first kappa shape index (κ1) is 21.3. The Morgan fingerprint density at radius 2 is 1.11 bits per heavy atom. The summed E-state index contributed by atoms with van der Waals surface area (Å²) in [6.45, 7) is 0.499. The molecule has 0 bridgehead atoms. The molecule has 118 valence electrons. The van der Waals surface area contributed by atoms with E-state index in [1.165, 1.54) is 19.3 Å². The van der Waals surface area contributed by atoms with Gasteiger partial charge in [0.05, 0.1) is 0 Å². The molecule has 7 nitrogen and oxygen atoms in total. The molecular formula is C11H27O7P. The van der Waals surface area contributed by atoms with Gasteiger partial charge in [-0.15, -0.1) is 0 Å². The fraction of sp³-hybridized carbons (Fsp3) is 1.00. The molecule has 0 fully saturated rings. The van der Waals surface area contributed by atoms with E-state index in [1.807, 2.05) is 0 Å². The highest BCUT2D eigenvalue weighted by atomic mass is 31.2. The quantitative estimate of drug-likeness (QED) is 0.253. The fourth-order valence-electron chi connectivity index (χ4n) is 1.49. The zero-order chi connectivity index (χ0) is 15.1. The molecular weight excluding hydrogens is 275 g/mol. The monoisotopic (exact) mass is 302 g/mol. The maximum absolute atomic E-state index is 8.88.